The molecule has 1 aliphatic carbocycles. The second-order valence-corrected chi connectivity index (χ2v) is 7.68. The zero-order chi connectivity index (χ0) is 22.3. The molecule has 3 aromatic rings. The van der Waals surface area contributed by atoms with Crippen LogP contribution in [-0.2, 0) is 22.8 Å². The molecule has 0 atom stereocenters. The summed E-state index contributed by atoms with van der Waals surface area (Å²) in [4.78, 5) is 25.4. The molecule has 32 heavy (non-hydrogen) atoms. The molecule has 1 heterocycles. The molecule has 7 heteroatoms. The van der Waals surface area contributed by atoms with Gasteiger partial charge in [0.1, 0.15) is 6.61 Å². The molecule has 0 amide bonds. The van der Waals surface area contributed by atoms with Crippen LogP contribution >= 0.6 is 0 Å². The van der Waals surface area contributed by atoms with Crippen molar-refractivity contribution in [3.05, 3.63) is 71.4 Å². The van der Waals surface area contributed by atoms with Crippen molar-refractivity contribution in [2.75, 3.05) is 6.61 Å². The van der Waals surface area contributed by atoms with Gasteiger partial charge in [0.15, 0.2) is 0 Å². The Labute approximate surface area is 187 Å². The van der Waals surface area contributed by atoms with Gasteiger partial charge in [0.2, 0.25) is 5.88 Å². The van der Waals surface area contributed by atoms with Gasteiger partial charge in [-0.05, 0) is 48.9 Å². The van der Waals surface area contributed by atoms with Crippen LogP contribution in [0.2, 0.25) is 0 Å². The number of aromatic nitrogens is 2. The fraction of sp³-hybridized carbons (Fsp3) is 0.320. The highest BCUT2D eigenvalue weighted by atomic mass is 16.7. The lowest BCUT2D eigenvalue weighted by atomic mass is 9.97. The Kier molecular flexibility index (Phi) is 6.97. The van der Waals surface area contributed by atoms with Crippen LogP contribution in [0.1, 0.15) is 36.5 Å². The molecule has 4 rings (SSSR count). The van der Waals surface area contributed by atoms with Gasteiger partial charge < -0.3 is 14.3 Å². The third-order valence-electron chi connectivity index (χ3n) is 5.32. The largest absolute Gasteiger partial charge is 0.478 e. The zero-order valence-corrected chi connectivity index (χ0v) is 18.3. The first kappa shape index (κ1) is 21.8. The van der Waals surface area contributed by atoms with Crippen molar-refractivity contribution >= 4 is 5.97 Å². The highest BCUT2D eigenvalue weighted by Crippen LogP contribution is 2.30. The van der Waals surface area contributed by atoms with Gasteiger partial charge >= 0.3 is 12.0 Å². The molecule has 0 saturated heterocycles. The monoisotopic (exact) mass is 433 g/mol. The average molecular weight is 434 g/mol. The summed E-state index contributed by atoms with van der Waals surface area (Å²) in [6.45, 7) is 5.02. The lowest BCUT2D eigenvalue weighted by Gasteiger charge is -2.14. The van der Waals surface area contributed by atoms with E-state index in [9.17, 15) is 4.79 Å². The van der Waals surface area contributed by atoms with Crippen molar-refractivity contribution < 1.29 is 19.1 Å². The fourth-order valence-corrected chi connectivity index (χ4v) is 3.33. The van der Waals surface area contributed by atoms with Crippen molar-refractivity contribution in [1.82, 2.24) is 15.4 Å². The molecule has 0 spiro atoms. The summed E-state index contributed by atoms with van der Waals surface area (Å²) in [5.41, 5.74) is 7.92. The smallest absolute Gasteiger partial charge is 0.327 e. The molecule has 0 aliphatic heterocycles. The first-order valence-corrected chi connectivity index (χ1v) is 10.8. The summed E-state index contributed by atoms with van der Waals surface area (Å²) in [5.74, 6) is 0.212. The van der Waals surface area contributed by atoms with Crippen LogP contribution in [0.3, 0.4) is 0 Å². The minimum atomic E-state index is -0.225. The number of ether oxygens (including phenoxy) is 2. The molecular formula is C25H27N3O4. The molecule has 166 valence electrons. The number of benzene rings is 2. The number of carbonyl (C=O) groups excluding carboxylic acids is 1. The third-order valence-corrected chi connectivity index (χ3v) is 5.32. The maximum Gasteiger partial charge on any atom is 0.327 e. The van der Waals surface area contributed by atoms with E-state index in [-0.39, 0.29) is 24.4 Å². The Morgan fingerprint density at radius 2 is 1.88 bits per heavy atom. The summed E-state index contributed by atoms with van der Waals surface area (Å²) >= 11 is 0. The minimum Gasteiger partial charge on any atom is -0.478 e. The topological polar surface area (TPSA) is 82.6 Å². The zero-order valence-electron chi connectivity index (χ0n) is 18.3. The summed E-state index contributed by atoms with van der Waals surface area (Å²) < 4.78 is 11.5. The van der Waals surface area contributed by atoms with Crippen molar-refractivity contribution in [3.63, 3.8) is 0 Å². The van der Waals surface area contributed by atoms with E-state index in [1.54, 1.807) is 6.20 Å². The summed E-state index contributed by atoms with van der Waals surface area (Å²) in [6, 6.07) is 16.7. The lowest BCUT2D eigenvalue weighted by Crippen LogP contribution is -2.21. The molecule has 7 nitrogen and oxygen atoms in total. The first-order valence-electron chi connectivity index (χ1n) is 10.8. The highest BCUT2D eigenvalue weighted by Gasteiger charge is 2.31. The van der Waals surface area contributed by atoms with Crippen LogP contribution in [0.5, 0.6) is 11.9 Å². The van der Waals surface area contributed by atoms with E-state index in [2.05, 4.69) is 40.6 Å². The predicted molar refractivity (Wildman–Crippen MR) is 120 cm³/mol. The molecule has 0 radical (unpaired) electrons. The average Bonchev–Trinajstić information content (AvgIpc) is 3.66. The Bertz CT molecular complexity index is 1070. The summed E-state index contributed by atoms with van der Waals surface area (Å²) in [7, 11) is 0. The van der Waals surface area contributed by atoms with E-state index < -0.39 is 0 Å². The maximum absolute atomic E-state index is 11.7. The molecule has 1 N–H and O–H groups in total. The molecule has 1 aromatic heterocycles. The number of hydrogen-bond donors (Lipinski definition) is 1. The number of rotatable bonds is 10. The maximum atomic E-state index is 11.7. The lowest BCUT2D eigenvalue weighted by molar-refractivity contribution is -0.153. The van der Waals surface area contributed by atoms with Crippen LogP contribution in [0.15, 0.2) is 54.7 Å². The van der Waals surface area contributed by atoms with Crippen LogP contribution < -0.4 is 15.0 Å². The molecule has 1 aliphatic rings. The van der Waals surface area contributed by atoms with Gasteiger partial charge in [0.25, 0.3) is 0 Å². The van der Waals surface area contributed by atoms with Crippen molar-refractivity contribution in [1.29, 1.82) is 0 Å². The van der Waals surface area contributed by atoms with Gasteiger partial charge in [-0.25, -0.2) is 4.98 Å². The SMILES string of the molecule is CCOc1nc(OCc2cccc(-c3ccccc3)c2C)ncc1CNOC(=O)C1CC1. The van der Waals surface area contributed by atoms with E-state index in [1.807, 2.05) is 37.3 Å². The van der Waals surface area contributed by atoms with Gasteiger partial charge in [-0.2, -0.15) is 4.98 Å². The number of nitrogens with zero attached hydrogens (tertiary/aromatic N) is 2. The van der Waals surface area contributed by atoms with Gasteiger partial charge in [-0.15, -0.1) is 5.48 Å². The van der Waals surface area contributed by atoms with E-state index in [0.29, 0.717) is 24.7 Å². The second-order valence-electron chi connectivity index (χ2n) is 7.68. The number of hydrogen-bond acceptors (Lipinski definition) is 7. The summed E-state index contributed by atoms with van der Waals surface area (Å²) in [5, 5.41) is 0. The van der Waals surface area contributed by atoms with Crippen molar-refractivity contribution in [3.8, 4) is 23.0 Å². The normalized spacial score (nSPS) is 12.9. The van der Waals surface area contributed by atoms with Crippen molar-refractivity contribution in [2.24, 2.45) is 5.92 Å². The predicted octanol–water partition coefficient (Wildman–Crippen LogP) is 4.39. The molecular weight excluding hydrogens is 406 g/mol. The van der Waals surface area contributed by atoms with Crippen LogP contribution in [0.4, 0.5) is 0 Å². The Morgan fingerprint density at radius 1 is 1.06 bits per heavy atom. The Balaban J connectivity index is 1.42. The van der Waals surface area contributed by atoms with Crippen LogP contribution in [-0.4, -0.2) is 22.5 Å². The molecule has 1 fully saturated rings. The van der Waals surface area contributed by atoms with Gasteiger partial charge in [-0.1, -0.05) is 48.5 Å². The number of carbonyl (C=O) groups is 1. The standard InChI is InChI=1S/C25H27N3O4/c1-3-30-23-21(15-27-32-24(29)19-12-13-19)14-26-25(28-23)31-16-20-10-7-11-22(17(20)2)18-8-5-4-6-9-18/h4-11,14,19,27H,3,12-13,15-16H2,1-2H3. The van der Waals surface area contributed by atoms with Gasteiger partial charge in [-0.3, -0.25) is 4.79 Å². The van der Waals surface area contributed by atoms with Crippen LogP contribution in [0, 0.1) is 12.8 Å². The summed E-state index contributed by atoms with van der Waals surface area (Å²) in [6.07, 6.45) is 3.42. The number of hydroxylamine groups is 1. The molecule has 2 aromatic carbocycles. The van der Waals surface area contributed by atoms with E-state index in [4.69, 9.17) is 14.3 Å². The first-order chi connectivity index (χ1) is 15.7. The van der Waals surface area contributed by atoms with Gasteiger partial charge in [0.05, 0.1) is 24.6 Å². The Morgan fingerprint density at radius 3 is 2.62 bits per heavy atom. The third kappa shape index (κ3) is 5.42. The second kappa shape index (κ2) is 10.2. The van der Waals surface area contributed by atoms with Crippen LogP contribution in [0.25, 0.3) is 11.1 Å². The Hall–Kier alpha value is -3.45. The molecule has 0 bridgehead atoms. The van der Waals surface area contributed by atoms with E-state index in [1.165, 1.54) is 11.1 Å². The highest BCUT2D eigenvalue weighted by molar-refractivity contribution is 5.74. The number of nitrogens with one attached hydrogen (secondary N) is 1. The molecule has 1 saturated carbocycles. The minimum absolute atomic E-state index is 0.0322. The molecule has 0 unspecified atom stereocenters. The fourth-order valence-electron chi connectivity index (χ4n) is 3.33. The van der Waals surface area contributed by atoms with Gasteiger partial charge in [0, 0.05) is 6.20 Å². The quantitative estimate of drug-likeness (QED) is 0.475. The van der Waals surface area contributed by atoms with E-state index in [0.717, 1.165) is 24.0 Å². The van der Waals surface area contributed by atoms with Crippen molar-refractivity contribution in [2.45, 2.75) is 39.8 Å². The van der Waals surface area contributed by atoms with E-state index >= 15 is 0 Å².